The van der Waals surface area contributed by atoms with Crippen LogP contribution in [0.15, 0.2) is 48.6 Å². The SMILES string of the molecule is COc1cc(/C=C/C(=O)OC/C=C/c2ccc(O)c(O)c2)ccc1O. The molecule has 2 aromatic carbocycles. The van der Waals surface area contributed by atoms with Crippen molar-refractivity contribution in [3.63, 3.8) is 0 Å². The van der Waals surface area contributed by atoms with Crippen LogP contribution in [-0.4, -0.2) is 35.0 Å². The van der Waals surface area contributed by atoms with E-state index in [-0.39, 0.29) is 23.9 Å². The number of phenols is 3. The van der Waals surface area contributed by atoms with Gasteiger partial charge in [0.05, 0.1) is 7.11 Å². The van der Waals surface area contributed by atoms with Crippen molar-refractivity contribution in [3.8, 4) is 23.0 Å². The number of hydrogen-bond acceptors (Lipinski definition) is 6. The molecule has 0 aliphatic carbocycles. The first kappa shape index (κ1) is 17.9. The maximum atomic E-state index is 11.7. The Bertz CT molecular complexity index is 808. The van der Waals surface area contributed by atoms with Crippen LogP contribution in [0.2, 0.25) is 0 Å². The first-order valence-electron chi connectivity index (χ1n) is 7.40. The van der Waals surface area contributed by atoms with Gasteiger partial charge in [-0.3, -0.25) is 0 Å². The minimum atomic E-state index is -0.523. The number of benzene rings is 2. The zero-order valence-corrected chi connectivity index (χ0v) is 13.5. The Kier molecular flexibility index (Phi) is 6.06. The lowest BCUT2D eigenvalue weighted by Crippen LogP contribution is -1.99. The molecule has 2 rings (SSSR count). The molecule has 0 aromatic heterocycles. The quantitative estimate of drug-likeness (QED) is 0.424. The van der Waals surface area contributed by atoms with E-state index in [0.29, 0.717) is 16.9 Å². The van der Waals surface area contributed by atoms with Crippen LogP contribution in [0.5, 0.6) is 23.0 Å². The highest BCUT2D eigenvalue weighted by molar-refractivity contribution is 5.87. The van der Waals surface area contributed by atoms with Crippen LogP contribution in [0.4, 0.5) is 0 Å². The minimum Gasteiger partial charge on any atom is -0.504 e. The molecule has 0 heterocycles. The Morgan fingerprint density at radius 1 is 0.960 bits per heavy atom. The summed E-state index contributed by atoms with van der Waals surface area (Å²) in [6.07, 6.45) is 6.08. The van der Waals surface area contributed by atoms with E-state index in [1.807, 2.05) is 0 Å². The third-order valence-corrected chi connectivity index (χ3v) is 3.25. The van der Waals surface area contributed by atoms with Crippen LogP contribution in [0, 0.1) is 0 Å². The van der Waals surface area contributed by atoms with E-state index in [2.05, 4.69) is 0 Å². The number of ether oxygens (including phenoxy) is 2. The molecule has 0 atom stereocenters. The number of esters is 1. The average molecular weight is 342 g/mol. The maximum Gasteiger partial charge on any atom is 0.331 e. The van der Waals surface area contributed by atoms with E-state index in [0.717, 1.165) is 0 Å². The van der Waals surface area contributed by atoms with Crippen molar-refractivity contribution in [2.45, 2.75) is 0 Å². The lowest BCUT2D eigenvalue weighted by molar-refractivity contribution is -0.136. The predicted octanol–water partition coefficient (Wildman–Crippen LogP) is 3.08. The summed E-state index contributed by atoms with van der Waals surface area (Å²) in [5, 5.41) is 28.1. The molecule has 0 bridgehead atoms. The van der Waals surface area contributed by atoms with Crippen LogP contribution in [-0.2, 0) is 9.53 Å². The Labute approximate surface area is 144 Å². The summed E-state index contributed by atoms with van der Waals surface area (Å²) in [4.78, 5) is 11.7. The fraction of sp³-hybridized carbons (Fsp3) is 0.105. The molecule has 2 aromatic rings. The normalized spacial score (nSPS) is 11.1. The Balaban J connectivity index is 1.86. The van der Waals surface area contributed by atoms with Gasteiger partial charge < -0.3 is 24.8 Å². The van der Waals surface area contributed by atoms with Gasteiger partial charge in [0.15, 0.2) is 23.0 Å². The molecule has 0 saturated carbocycles. The van der Waals surface area contributed by atoms with E-state index in [1.54, 1.807) is 36.4 Å². The lowest BCUT2D eigenvalue weighted by Gasteiger charge is -2.03. The Morgan fingerprint density at radius 2 is 1.64 bits per heavy atom. The molecule has 0 aliphatic rings. The van der Waals surface area contributed by atoms with Gasteiger partial charge in [0.25, 0.3) is 0 Å². The summed E-state index contributed by atoms with van der Waals surface area (Å²) in [7, 11) is 1.44. The van der Waals surface area contributed by atoms with Crippen molar-refractivity contribution >= 4 is 18.1 Å². The van der Waals surface area contributed by atoms with E-state index in [1.165, 1.54) is 31.4 Å². The maximum absolute atomic E-state index is 11.7. The highest BCUT2D eigenvalue weighted by Crippen LogP contribution is 2.27. The zero-order chi connectivity index (χ0) is 18.2. The van der Waals surface area contributed by atoms with Crippen molar-refractivity contribution in [2.75, 3.05) is 13.7 Å². The average Bonchev–Trinajstić information content (AvgIpc) is 2.61. The van der Waals surface area contributed by atoms with Crippen molar-refractivity contribution in [1.29, 1.82) is 0 Å². The van der Waals surface area contributed by atoms with E-state index < -0.39 is 5.97 Å². The van der Waals surface area contributed by atoms with Gasteiger partial charge in [0.2, 0.25) is 0 Å². The number of phenolic OH excluding ortho intramolecular Hbond substituents is 3. The van der Waals surface area contributed by atoms with Gasteiger partial charge in [0, 0.05) is 6.08 Å². The number of carbonyl (C=O) groups excluding carboxylic acids is 1. The van der Waals surface area contributed by atoms with Gasteiger partial charge in [-0.15, -0.1) is 0 Å². The molecular formula is C19H18O6. The van der Waals surface area contributed by atoms with Crippen molar-refractivity contribution in [3.05, 3.63) is 59.7 Å². The number of rotatable bonds is 6. The highest BCUT2D eigenvalue weighted by Gasteiger charge is 2.02. The summed E-state index contributed by atoms with van der Waals surface area (Å²) in [6, 6.07) is 9.09. The third kappa shape index (κ3) is 5.31. The highest BCUT2D eigenvalue weighted by atomic mass is 16.5. The summed E-state index contributed by atoms with van der Waals surface area (Å²) in [6.45, 7) is 0.0592. The number of methoxy groups -OCH3 is 1. The smallest absolute Gasteiger partial charge is 0.331 e. The van der Waals surface area contributed by atoms with Gasteiger partial charge in [-0.1, -0.05) is 18.2 Å². The van der Waals surface area contributed by atoms with Crippen LogP contribution in [0.3, 0.4) is 0 Å². The van der Waals surface area contributed by atoms with E-state index in [4.69, 9.17) is 9.47 Å². The second-order valence-electron chi connectivity index (χ2n) is 5.05. The summed E-state index contributed by atoms with van der Waals surface area (Å²) in [5.41, 5.74) is 1.35. The van der Waals surface area contributed by atoms with Gasteiger partial charge in [-0.05, 0) is 47.5 Å². The van der Waals surface area contributed by atoms with Crippen molar-refractivity contribution < 1.29 is 29.6 Å². The van der Waals surface area contributed by atoms with Crippen LogP contribution in [0.1, 0.15) is 11.1 Å². The van der Waals surface area contributed by atoms with E-state index >= 15 is 0 Å². The zero-order valence-electron chi connectivity index (χ0n) is 13.5. The van der Waals surface area contributed by atoms with Crippen LogP contribution in [0.25, 0.3) is 12.2 Å². The minimum absolute atomic E-state index is 0.0210. The van der Waals surface area contributed by atoms with Crippen molar-refractivity contribution in [2.24, 2.45) is 0 Å². The fourth-order valence-corrected chi connectivity index (χ4v) is 1.97. The second-order valence-corrected chi connectivity index (χ2v) is 5.05. The third-order valence-electron chi connectivity index (χ3n) is 3.25. The van der Waals surface area contributed by atoms with Gasteiger partial charge in [-0.2, -0.15) is 0 Å². The topological polar surface area (TPSA) is 96.2 Å². The van der Waals surface area contributed by atoms with Crippen LogP contribution < -0.4 is 4.74 Å². The molecule has 0 radical (unpaired) electrons. The summed E-state index contributed by atoms with van der Waals surface area (Å²) >= 11 is 0. The van der Waals surface area contributed by atoms with Gasteiger partial charge >= 0.3 is 5.97 Å². The monoisotopic (exact) mass is 342 g/mol. The van der Waals surface area contributed by atoms with E-state index in [9.17, 15) is 20.1 Å². The largest absolute Gasteiger partial charge is 0.504 e. The number of hydrogen-bond donors (Lipinski definition) is 3. The molecule has 0 spiro atoms. The molecule has 130 valence electrons. The second kappa shape index (κ2) is 8.44. The molecule has 0 unspecified atom stereocenters. The first-order valence-corrected chi connectivity index (χ1v) is 7.40. The first-order chi connectivity index (χ1) is 12.0. The number of aromatic hydroxyl groups is 3. The van der Waals surface area contributed by atoms with Crippen LogP contribution >= 0.6 is 0 Å². The summed E-state index contributed by atoms with van der Waals surface area (Å²) in [5.74, 6) is -0.598. The standard InChI is InChI=1S/C19H18O6/c1-24-18-12-14(5-8-16(18)21)6-9-19(23)25-10-2-3-13-4-7-15(20)17(22)11-13/h2-9,11-12,20-22H,10H2,1H3/b3-2+,9-6+. The number of carbonyl (C=O) groups is 1. The van der Waals surface area contributed by atoms with Crippen molar-refractivity contribution in [1.82, 2.24) is 0 Å². The molecule has 0 saturated heterocycles. The molecular weight excluding hydrogens is 324 g/mol. The van der Waals surface area contributed by atoms with Gasteiger partial charge in [-0.25, -0.2) is 4.79 Å². The molecule has 25 heavy (non-hydrogen) atoms. The fourth-order valence-electron chi connectivity index (χ4n) is 1.97. The summed E-state index contributed by atoms with van der Waals surface area (Å²) < 4.78 is 10.0. The molecule has 6 heteroatoms. The predicted molar refractivity (Wildman–Crippen MR) is 93.5 cm³/mol. The Morgan fingerprint density at radius 3 is 2.32 bits per heavy atom. The molecule has 0 fully saturated rings. The molecule has 3 N–H and O–H groups in total. The molecule has 0 aliphatic heterocycles. The lowest BCUT2D eigenvalue weighted by atomic mass is 10.2. The van der Waals surface area contributed by atoms with Gasteiger partial charge in [0.1, 0.15) is 6.61 Å². The molecule has 0 amide bonds. The Hall–Kier alpha value is -3.41. The molecule has 6 nitrogen and oxygen atoms in total.